The smallest absolute Gasteiger partial charge is 0.272 e. The Labute approximate surface area is 87.3 Å². The van der Waals surface area contributed by atoms with Crippen LogP contribution >= 0.6 is 0 Å². The summed E-state index contributed by atoms with van der Waals surface area (Å²) in [6, 6.07) is 0. The molecule has 0 unspecified atom stereocenters. The fourth-order valence-electron chi connectivity index (χ4n) is 1.90. The number of ether oxygens (including phenoxy) is 1. The lowest BCUT2D eigenvalue weighted by atomic mass is 10.2. The SMILES string of the molecule is COc1c(N2CCCNCC2)c(=O)c1=O. The highest BCUT2D eigenvalue weighted by Gasteiger charge is 2.26. The Kier molecular flexibility index (Phi) is 2.73. The van der Waals surface area contributed by atoms with Crippen molar-refractivity contribution in [1.82, 2.24) is 5.32 Å². The molecule has 5 nitrogen and oxygen atoms in total. The first kappa shape index (κ1) is 10.2. The average molecular weight is 210 g/mol. The highest BCUT2D eigenvalue weighted by Crippen LogP contribution is 2.22. The van der Waals surface area contributed by atoms with E-state index in [0.717, 1.165) is 32.6 Å². The summed E-state index contributed by atoms with van der Waals surface area (Å²) in [6.45, 7) is 3.34. The Hall–Kier alpha value is -1.36. The maximum Gasteiger partial charge on any atom is 0.272 e. The van der Waals surface area contributed by atoms with Gasteiger partial charge in [0.25, 0.3) is 10.9 Å². The van der Waals surface area contributed by atoms with Gasteiger partial charge in [0.15, 0.2) is 5.75 Å². The summed E-state index contributed by atoms with van der Waals surface area (Å²) in [7, 11) is 1.43. The average Bonchev–Trinajstić information content (AvgIpc) is 2.52. The first-order chi connectivity index (χ1) is 7.25. The standard InChI is InChI=1S/C10H14N2O3/c1-15-10-7(8(13)9(10)14)12-5-2-3-11-4-6-12/h11H,2-6H2,1H3. The minimum atomic E-state index is -0.496. The third-order valence-electron chi connectivity index (χ3n) is 2.70. The van der Waals surface area contributed by atoms with E-state index >= 15 is 0 Å². The van der Waals surface area contributed by atoms with Crippen LogP contribution in [0.2, 0.25) is 0 Å². The van der Waals surface area contributed by atoms with Crippen molar-refractivity contribution in [2.24, 2.45) is 0 Å². The maximum atomic E-state index is 11.4. The number of nitrogens with zero attached hydrogens (tertiary/aromatic N) is 1. The second-order valence-electron chi connectivity index (χ2n) is 3.63. The van der Waals surface area contributed by atoms with Crippen molar-refractivity contribution < 1.29 is 4.74 Å². The molecule has 0 spiro atoms. The zero-order valence-corrected chi connectivity index (χ0v) is 8.71. The van der Waals surface area contributed by atoms with Gasteiger partial charge < -0.3 is 15.0 Å². The third kappa shape index (κ3) is 1.63. The van der Waals surface area contributed by atoms with E-state index in [9.17, 15) is 9.59 Å². The molecule has 0 aromatic heterocycles. The second-order valence-corrected chi connectivity index (χ2v) is 3.63. The molecule has 82 valence electrons. The fraction of sp³-hybridized carbons (Fsp3) is 0.600. The van der Waals surface area contributed by atoms with Crippen LogP contribution in [0.1, 0.15) is 6.42 Å². The van der Waals surface area contributed by atoms with Crippen molar-refractivity contribution in [3.63, 3.8) is 0 Å². The van der Waals surface area contributed by atoms with E-state index < -0.39 is 10.9 Å². The number of hydrogen-bond acceptors (Lipinski definition) is 5. The highest BCUT2D eigenvalue weighted by atomic mass is 16.5. The highest BCUT2D eigenvalue weighted by molar-refractivity contribution is 5.63. The van der Waals surface area contributed by atoms with Crippen molar-refractivity contribution in [2.75, 3.05) is 38.2 Å². The van der Waals surface area contributed by atoms with Crippen LogP contribution < -0.4 is 25.8 Å². The number of nitrogens with one attached hydrogen (secondary N) is 1. The van der Waals surface area contributed by atoms with Gasteiger partial charge in [-0.2, -0.15) is 0 Å². The van der Waals surface area contributed by atoms with E-state index in [4.69, 9.17) is 4.74 Å². The van der Waals surface area contributed by atoms with Gasteiger partial charge >= 0.3 is 0 Å². The van der Waals surface area contributed by atoms with E-state index in [1.54, 1.807) is 0 Å². The van der Waals surface area contributed by atoms with Crippen molar-refractivity contribution in [3.8, 4) is 5.75 Å². The minimum Gasteiger partial charge on any atom is -0.491 e. The molecule has 1 fully saturated rings. The number of rotatable bonds is 2. The van der Waals surface area contributed by atoms with E-state index in [1.165, 1.54) is 7.11 Å². The molecule has 5 heteroatoms. The summed E-state index contributed by atoms with van der Waals surface area (Å²) in [5, 5.41) is 3.24. The predicted molar refractivity (Wildman–Crippen MR) is 57.6 cm³/mol. The van der Waals surface area contributed by atoms with Gasteiger partial charge in [0, 0.05) is 19.6 Å². The molecule has 0 saturated carbocycles. The van der Waals surface area contributed by atoms with Crippen LogP contribution in [0.15, 0.2) is 9.59 Å². The molecule has 1 heterocycles. The predicted octanol–water partition coefficient (Wildman–Crippen LogP) is -0.909. The molecule has 0 atom stereocenters. The van der Waals surface area contributed by atoms with Crippen LogP contribution in [-0.2, 0) is 0 Å². The molecule has 1 aliphatic heterocycles. The molecule has 0 bridgehead atoms. The quantitative estimate of drug-likeness (QED) is 0.640. The van der Waals surface area contributed by atoms with Crippen molar-refractivity contribution in [3.05, 3.63) is 20.4 Å². The number of anilines is 1. The molecule has 1 N–H and O–H groups in total. The zero-order chi connectivity index (χ0) is 10.8. The maximum absolute atomic E-state index is 11.4. The van der Waals surface area contributed by atoms with Crippen LogP contribution in [0.3, 0.4) is 0 Å². The Bertz CT molecular complexity index is 412. The Morgan fingerprint density at radius 2 is 2.00 bits per heavy atom. The molecule has 0 aliphatic carbocycles. The van der Waals surface area contributed by atoms with Crippen LogP contribution in [-0.4, -0.2) is 33.3 Å². The molecule has 1 aromatic rings. The molecular formula is C10H14N2O3. The van der Waals surface area contributed by atoms with Crippen LogP contribution in [0, 0.1) is 0 Å². The van der Waals surface area contributed by atoms with Gasteiger partial charge in [-0.25, -0.2) is 0 Å². The fourth-order valence-corrected chi connectivity index (χ4v) is 1.90. The molecule has 0 radical (unpaired) electrons. The van der Waals surface area contributed by atoms with E-state index in [0.29, 0.717) is 5.69 Å². The Morgan fingerprint density at radius 1 is 1.20 bits per heavy atom. The number of methoxy groups -OCH3 is 1. The summed E-state index contributed by atoms with van der Waals surface area (Å²) in [6.07, 6.45) is 0.974. The second kappa shape index (κ2) is 4.02. The van der Waals surface area contributed by atoms with Crippen molar-refractivity contribution in [1.29, 1.82) is 0 Å². The topological polar surface area (TPSA) is 58.6 Å². The molecule has 1 aliphatic rings. The molecule has 0 amide bonds. The van der Waals surface area contributed by atoms with Gasteiger partial charge in [0.1, 0.15) is 5.69 Å². The minimum absolute atomic E-state index is 0.224. The summed E-state index contributed by atoms with van der Waals surface area (Å²) in [5.41, 5.74) is -0.440. The largest absolute Gasteiger partial charge is 0.491 e. The molecule has 15 heavy (non-hydrogen) atoms. The lowest BCUT2D eigenvalue weighted by Gasteiger charge is -2.24. The van der Waals surface area contributed by atoms with Crippen LogP contribution in [0.4, 0.5) is 5.69 Å². The number of hydrogen-bond donors (Lipinski definition) is 1. The first-order valence-electron chi connectivity index (χ1n) is 5.08. The Morgan fingerprint density at radius 3 is 2.73 bits per heavy atom. The van der Waals surface area contributed by atoms with Crippen LogP contribution in [0.5, 0.6) is 5.75 Å². The van der Waals surface area contributed by atoms with E-state index in [2.05, 4.69) is 5.32 Å². The lowest BCUT2D eigenvalue weighted by molar-refractivity contribution is 0.405. The summed E-state index contributed by atoms with van der Waals surface area (Å²) in [4.78, 5) is 24.5. The van der Waals surface area contributed by atoms with Gasteiger partial charge in [-0.05, 0) is 13.0 Å². The van der Waals surface area contributed by atoms with Gasteiger partial charge in [-0.15, -0.1) is 0 Å². The summed E-state index contributed by atoms with van der Waals surface area (Å²) >= 11 is 0. The molecular weight excluding hydrogens is 196 g/mol. The van der Waals surface area contributed by atoms with Gasteiger partial charge in [0.2, 0.25) is 0 Å². The van der Waals surface area contributed by atoms with Gasteiger partial charge in [0.05, 0.1) is 7.11 Å². The van der Waals surface area contributed by atoms with Gasteiger partial charge in [-0.3, -0.25) is 9.59 Å². The van der Waals surface area contributed by atoms with Gasteiger partial charge in [-0.1, -0.05) is 0 Å². The zero-order valence-electron chi connectivity index (χ0n) is 8.71. The summed E-state index contributed by atoms with van der Waals surface area (Å²) in [5.74, 6) is 0.224. The first-order valence-corrected chi connectivity index (χ1v) is 5.08. The normalized spacial score (nSPS) is 17.8. The van der Waals surface area contributed by atoms with Crippen LogP contribution in [0.25, 0.3) is 0 Å². The van der Waals surface area contributed by atoms with Crippen molar-refractivity contribution in [2.45, 2.75) is 6.42 Å². The Balaban J connectivity index is 2.24. The molecule has 1 saturated heterocycles. The third-order valence-corrected chi connectivity index (χ3v) is 2.70. The van der Waals surface area contributed by atoms with E-state index in [1.807, 2.05) is 4.90 Å². The van der Waals surface area contributed by atoms with Crippen molar-refractivity contribution >= 4 is 5.69 Å². The lowest BCUT2D eigenvalue weighted by Crippen LogP contribution is -2.42. The molecule has 2 rings (SSSR count). The monoisotopic (exact) mass is 210 g/mol. The molecule has 1 aromatic carbocycles. The van der Waals surface area contributed by atoms with E-state index in [-0.39, 0.29) is 5.75 Å². The summed E-state index contributed by atoms with van der Waals surface area (Å²) < 4.78 is 4.92.